The van der Waals surface area contributed by atoms with Crippen LogP contribution in [0.1, 0.15) is 11.1 Å². The number of hydrogen-bond donors (Lipinski definition) is 1. The molecular formula is C16H14BrFO2S. The van der Waals surface area contributed by atoms with Crippen molar-refractivity contribution in [1.82, 2.24) is 0 Å². The van der Waals surface area contributed by atoms with Gasteiger partial charge in [0.2, 0.25) is 0 Å². The highest BCUT2D eigenvalue weighted by Gasteiger charge is 2.18. The van der Waals surface area contributed by atoms with Gasteiger partial charge >= 0.3 is 5.97 Å². The van der Waals surface area contributed by atoms with E-state index in [-0.39, 0.29) is 5.82 Å². The van der Waals surface area contributed by atoms with Crippen LogP contribution in [-0.2, 0) is 17.0 Å². The second-order valence-corrected chi connectivity index (χ2v) is 6.71. The van der Waals surface area contributed by atoms with Gasteiger partial charge in [-0.1, -0.05) is 46.3 Å². The molecule has 0 aliphatic heterocycles. The van der Waals surface area contributed by atoms with Gasteiger partial charge in [0.05, 0.1) is 0 Å². The standard InChI is InChI=1S/C16H14BrFO2S/c17-13-6-12(7-14(18)9-13)10-21-15(16(19)20)8-11-4-2-1-3-5-11/h1-7,9,15H,8,10H2,(H,19,20). The molecule has 21 heavy (non-hydrogen) atoms. The molecule has 2 aromatic carbocycles. The SMILES string of the molecule is O=C(O)C(Cc1ccccc1)SCc1cc(F)cc(Br)c1. The molecule has 1 atom stereocenters. The summed E-state index contributed by atoms with van der Waals surface area (Å²) in [5, 5.41) is 8.77. The van der Waals surface area contributed by atoms with Crippen LogP contribution in [-0.4, -0.2) is 16.3 Å². The fourth-order valence-corrected chi connectivity index (χ4v) is 3.46. The Kier molecular flexibility index (Phi) is 5.82. The summed E-state index contributed by atoms with van der Waals surface area (Å²) in [4.78, 5) is 11.4. The van der Waals surface area contributed by atoms with Gasteiger partial charge in [0.25, 0.3) is 0 Å². The number of aliphatic carboxylic acids is 1. The molecule has 0 radical (unpaired) electrons. The van der Waals surface area contributed by atoms with Crippen molar-refractivity contribution in [2.75, 3.05) is 0 Å². The normalized spacial score (nSPS) is 12.1. The summed E-state index contributed by atoms with van der Waals surface area (Å²) in [7, 11) is 0. The Morgan fingerprint density at radius 2 is 1.90 bits per heavy atom. The zero-order chi connectivity index (χ0) is 15.2. The first-order valence-corrected chi connectivity index (χ1v) is 8.22. The van der Waals surface area contributed by atoms with Gasteiger partial charge in [-0.05, 0) is 35.7 Å². The first-order valence-electron chi connectivity index (χ1n) is 6.38. The maximum absolute atomic E-state index is 13.3. The van der Waals surface area contributed by atoms with Crippen LogP contribution in [0.5, 0.6) is 0 Å². The van der Waals surface area contributed by atoms with E-state index in [1.54, 1.807) is 6.07 Å². The predicted octanol–water partition coefficient (Wildman–Crippen LogP) is 4.52. The van der Waals surface area contributed by atoms with Gasteiger partial charge in [-0.3, -0.25) is 4.79 Å². The van der Waals surface area contributed by atoms with Crippen molar-refractivity contribution in [3.63, 3.8) is 0 Å². The Morgan fingerprint density at radius 3 is 2.52 bits per heavy atom. The maximum Gasteiger partial charge on any atom is 0.316 e. The minimum Gasteiger partial charge on any atom is -0.480 e. The molecule has 1 N–H and O–H groups in total. The topological polar surface area (TPSA) is 37.3 Å². The maximum atomic E-state index is 13.3. The third kappa shape index (κ3) is 5.17. The number of halogens is 2. The molecule has 0 saturated heterocycles. The Hall–Kier alpha value is -1.33. The van der Waals surface area contributed by atoms with Crippen LogP contribution in [0.3, 0.4) is 0 Å². The summed E-state index contributed by atoms with van der Waals surface area (Å²) >= 11 is 4.55. The van der Waals surface area contributed by atoms with Crippen molar-refractivity contribution >= 4 is 33.7 Å². The number of hydrogen-bond acceptors (Lipinski definition) is 2. The fraction of sp³-hybridized carbons (Fsp3) is 0.188. The summed E-state index contributed by atoms with van der Waals surface area (Å²) < 4.78 is 14.0. The highest BCUT2D eigenvalue weighted by molar-refractivity contribution is 9.10. The lowest BCUT2D eigenvalue weighted by molar-refractivity contribution is -0.136. The van der Waals surface area contributed by atoms with Crippen LogP contribution in [0.25, 0.3) is 0 Å². The number of carboxylic acid groups (broad SMARTS) is 1. The summed E-state index contributed by atoms with van der Waals surface area (Å²) in [6.07, 6.45) is 0.456. The van der Waals surface area contributed by atoms with E-state index in [9.17, 15) is 14.3 Å². The first kappa shape index (κ1) is 16.0. The summed E-state index contributed by atoms with van der Waals surface area (Å²) in [6, 6.07) is 14.1. The quantitative estimate of drug-likeness (QED) is 0.814. The van der Waals surface area contributed by atoms with Gasteiger partial charge in [0.15, 0.2) is 0 Å². The van der Waals surface area contributed by atoms with Crippen LogP contribution < -0.4 is 0 Å². The smallest absolute Gasteiger partial charge is 0.316 e. The van der Waals surface area contributed by atoms with Crippen molar-refractivity contribution < 1.29 is 14.3 Å². The summed E-state index contributed by atoms with van der Waals surface area (Å²) in [6.45, 7) is 0. The molecule has 110 valence electrons. The molecule has 0 aliphatic rings. The molecule has 2 nitrogen and oxygen atoms in total. The number of thioether (sulfide) groups is 1. The molecule has 0 aromatic heterocycles. The van der Waals surface area contributed by atoms with E-state index in [2.05, 4.69) is 15.9 Å². The molecular weight excluding hydrogens is 355 g/mol. The van der Waals surface area contributed by atoms with Gasteiger partial charge in [-0.2, -0.15) is 0 Å². The van der Waals surface area contributed by atoms with Crippen molar-refractivity contribution in [2.24, 2.45) is 0 Å². The Bertz CT molecular complexity index is 599. The average molecular weight is 369 g/mol. The molecule has 2 rings (SSSR count). The molecule has 0 spiro atoms. The molecule has 1 unspecified atom stereocenters. The third-order valence-electron chi connectivity index (χ3n) is 2.91. The van der Waals surface area contributed by atoms with Gasteiger partial charge < -0.3 is 5.11 Å². The lowest BCUT2D eigenvalue weighted by Crippen LogP contribution is -2.19. The van der Waals surface area contributed by atoms with Crippen LogP contribution in [0.15, 0.2) is 53.0 Å². The molecule has 0 aliphatic carbocycles. The second kappa shape index (κ2) is 7.61. The number of carbonyl (C=O) groups is 1. The van der Waals surface area contributed by atoms with Crippen molar-refractivity contribution in [3.05, 3.63) is 69.9 Å². The van der Waals surface area contributed by atoms with Gasteiger partial charge in [-0.15, -0.1) is 11.8 Å². The summed E-state index contributed by atoms with van der Waals surface area (Å²) in [5.41, 5.74) is 1.75. The van der Waals surface area contributed by atoms with Crippen molar-refractivity contribution in [2.45, 2.75) is 17.4 Å². The van der Waals surface area contributed by atoms with E-state index >= 15 is 0 Å². The zero-order valence-corrected chi connectivity index (χ0v) is 13.5. The lowest BCUT2D eigenvalue weighted by Gasteiger charge is -2.12. The number of carboxylic acids is 1. The molecule has 0 saturated carbocycles. The Morgan fingerprint density at radius 1 is 1.19 bits per heavy atom. The second-order valence-electron chi connectivity index (χ2n) is 4.61. The molecule has 0 fully saturated rings. The van der Waals surface area contributed by atoms with Crippen LogP contribution in [0, 0.1) is 5.82 Å². The van der Waals surface area contributed by atoms with E-state index < -0.39 is 11.2 Å². The Balaban J connectivity index is 2.02. The van der Waals surface area contributed by atoms with Crippen LogP contribution in [0.4, 0.5) is 4.39 Å². The van der Waals surface area contributed by atoms with E-state index in [0.717, 1.165) is 11.1 Å². The molecule has 5 heteroatoms. The van der Waals surface area contributed by atoms with Crippen LogP contribution >= 0.6 is 27.7 Å². The van der Waals surface area contributed by atoms with E-state index in [4.69, 9.17) is 0 Å². The minimum atomic E-state index is -0.848. The monoisotopic (exact) mass is 368 g/mol. The zero-order valence-electron chi connectivity index (χ0n) is 11.1. The Labute approximate surface area is 135 Å². The average Bonchev–Trinajstić information content (AvgIpc) is 2.43. The van der Waals surface area contributed by atoms with Gasteiger partial charge in [0, 0.05) is 10.2 Å². The van der Waals surface area contributed by atoms with Gasteiger partial charge in [0.1, 0.15) is 11.1 Å². The molecule has 0 heterocycles. The highest BCUT2D eigenvalue weighted by Crippen LogP contribution is 2.24. The largest absolute Gasteiger partial charge is 0.480 e. The molecule has 0 amide bonds. The number of benzene rings is 2. The molecule has 0 bridgehead atoms. The van der Waals surface area contributed by atoms with Crippen molar-refractivity contribution in [1.29, 1.82) is 0 Å². The first-order chi connectivity index (χ1) is 10.0. The minimum absolute atomic E-state index is 0.324. The fourth-order valence-electron chi connectivity index (χ4n) is 1.94. The van der Waals surface area contributed by atoms with E-state index in [1.807, 2.05) is 30.3 Å². The van der Waals surface area contributed by atoms with Gasteiger partial charge in [-0.25, -0.2) is 4.39 Å². The highest BCUT2D eigenvalue weighted by atomic mass is 79.9. The summed E-state index contributed by atoms with van der Waals surface area (Å²) in [5.74, 6) is -0.714. The van der Waals surface area contributed by atoms with E-state index in [0.29, 0.717) is 16.6 Å². The lowest BCUT2D eigenvalue weighted by atomic mass is 10.1. The number of rotatable bonds is 6. The molecule has 2 aromatic rings. The van der Waals surface area contributed by atoms with Crippen molar-refractivity contribution in [3.8, 4) is 0 Å². The van der Waals surface area contributed by atoms with E-state index in [1.165, 1.54) is 23.9 Å². The van der Waals surface area contributed by atoms with Crippen LogP contribution in [0.2, 0.25) is 0 Å². The predicted molar refractivity (Wildman–Crippen MR) is 87.0 cm³/mol. The third-order valence-corrected chi connectivity index (χ3v) is 4.64.